The maximum Gasteiger partial charge on any atom is 0.271 e. The monoisotopic (exact) mass is 349 g/mol. The molecule has 1 aliphatic heterocycles. The van der Waals surface area contributed by atoms with Crippen molar-refractivity contribution in [3.8, 4) is 0 Å². The van der Waals surface area contributed by atoms with Gasteiger partial charge < -0.3 is 11.1 Å². The number of anilines is 1. The first-order valence-corrected chi connectivity index (χ1v) is 8.01. The summed E-state index contributed by atoms with van der Waals surface area (Å²) in [5, 5.41) is 3.98. The normalized spacial score (nSPS) is 16.2. The van der Waals surface area contributed by atoms with Gasteiger partial charge in [-0.3, -0.25) is 14.6 Å². The number of hydrogen-bond donors (Lipinski definition) is 3. The number of primary amides is 1. The van der Waals surface area contributed by atoms with Gasteiger partial charge in [-0.1, -0.05) is 29.8 Å². The quantitative estimate of drug-likeness (QED) is 0.727. The topological polar surface area (TPSA) is 114 Å². The van der Waals surface area contributed by atoms with Gasteiger partial charge in [0, 0.05) is 17.5 Å². The Hall–Kier alpha value is -3.45. The van der Waals surface area contributed by atoms with E-state index in [2.05, 4.69) is 10.3 Å². The highest BCUT2D eigenvalue weighted by molar-refractivity contribution is 6.10. The lowest BCUT2D eigenvalue weighted by Crippen LogP contribution is -2.46. The largest absolute Gasteiger partial charge is 0.366 e. The minimum Gasteiger partial charge on any atom is -0.366 e. The summed E-state index contributed by atoms with van der Waals surface area (Å²) in [4.78, 5) is 28.1. The fraction of sp³-hybridized carbons (Fsp3) is 0.105. The highest BCUT2D eigenvalue weighted by Crippen LogP contribution is 2.15. The molecule has 7 heteroatoms. The molecule has 0 fully saturated rings. The fourth-order valence-corrected chi connectivity index (χ4v) is 2.49. The van der Waals surface area contributed by atoms with E-state index >= 15 is 0 Å². The molecular weight excluding hydrogens is 330 g/mol. The number of hydrazine groups is 1. The third-order valence-electron chi connectivity index (χ3n) is 3.97. The Morgan fingerprint density at radius 1 is 1.08 bits per heavy atom. The Kier molecular flexibility index (Phi) is 4.81. The summed E-state index contributed by atoms with van der Waals surface area (Å²) in [7, 11) is 0. The van der Waals surface area contributed by atoms with Gasteiger partial charge in [0.1, 0.15) is 0 Å². The Morgan fingerprint density at radius 3 is 2.35 bits per heavy atom. The molecule has 1 heterocycles. The van der Waals surface area contributed by atoms with E-state index in [0.29, 0.717) is 17.0 Å². The molecule has 1 aliphatic rings. The molecule has 1 atom stereocenters. The first-order chi connectivity index (χ1) is 12.4. The molecular formula is C19H19N5O2. The van der Waals surface area contributed by atoms with Crippen molar-refractivity contribution in [2.75, 3.05) is 5.32 Å². The van der Waals surface area contributed by atoms with Gasteiger partial charge in [0.05, 0.1) is 5.71 Å². The second-order valence-electron chi connectivity index (χ2n) is 5.95. The number of rotatable bonds is 4. The van der Waals surface area contributed by atoms with Crippen LogP contribution in [0.1, 0.15) is 21.5 Å². The molecule has 132 valence electrons. The summed E-state index contributed by atoms with van der Waals surface area (Å²) in [5.74, 6) is 4.97. The minimum atomic E-state index is -0.896. The van der Waals surface area contributed by atoms with E-state index in [1.165, 1.54) is 5.01 Å². The van der Waals surface area contributed by atoms with Crippen LogP contribution in [0.3, 0.4) is 0 Å². The van der Waals surface area contributed by atoms with Crippen molar-refractivity contribution in [2.24, 2.45) is 16.6 Å². The molecule has 3 rings (SSSR count). The molecule has 1 unspecified atom stereocenters. The predicted molar refractivity (Wildman–Crippen MR) is 100 cm³/mol. The van der Waals surface area contributed by atoms with Crippen LogP contribution in [-0.4, -0.2) is 28.7 Å². The van der Waals surface area contributed by atoms with Crippen molar-refractivity contribution >= 4 is 23.2 Å². The van der Waals surface area contributed by atoms with Gasteiger partial charge >= 0.3 is 0 Å². The lowest BCUT2D eigenvalue weighted by atomic mass is 10.1. The second kappa shape index (κ2) is 7.20. The van der Waals surface area contributed by atoms with Crippen molar-refractivity contribution in [3.63, 3.8) is 0 Å². The van der Waals surface area contributed by atoms with Crippen LogP contribution >= 0.6 is 0 Å². The Bertz CT molecular complexity index is 885. The molecule has 26 heavy (non-hydrogen) atoms. The van der Waals surface area contributed by atoms with E-state index in [4.69, 9.17) is 11.6 Å². The molecule has 0 aliphatic carbocycles. The number of nitrogens with one attached hydrogen (secondary N) is 1. The van der Waals surface area contributed by atoms with Crippen LogP contribution in [0.4, 0.5) is 5.69 Å². The van der Waals surface area contributed by atoms with E-state index < -0.39 is 12.1 Å². The lowest BCUT2D eigenvalue weighted by Gasteiger charge is -2.26. The Morgan fingerprint density at radius 2 is 1.73 bits per heavy atom. The summed E-state index contributed by atoms with van der Waals surface area (Å²) >= 11 is 0. The number of aliphatic imine (C=N–C) groups is 1. The second-order valence-corrected chi connectivity index (χ2v) is 5.95. The molecule has 2 aromatic carbocycles. The average Bonchev–Trinajstić information content (AvgIpc) is 2.63. The number of carbonyl (C=O) groups is 2. The smallest absolute Gasteiger partial charge is 0.271 e. The number of carbonyl (C=O) groups excluding carboxylic acids is 2. The van der Waals surface area contributed by atoms with E-state index in [-0.39, 0.29) is 5.91 Å². The number of allylic oxidation sites excluding steroid dienone is 1. The Labute approximate surface area is 151 Å². The Balaban J connectivity index is 1.77. The van der Waals surface area contributed by atoms with E-state index in [0.717, 1.165) is 11.1 Å². The van der Waals surface area contributed by atoms with E-state index in [1.54, 1.807) is 36.5 Å². The maximum atomic E-state index is 12.6. The number of benzene rings is 2. The van der Waals surface area contributed by atoms with Gasteiger partial charge in [-0.15, -0.1) is 0 Å². The zero-order valence-corrected chi connectivity index (χ0v) is 14.2. The van der Waals surface area contributed by atoms with Gasteiger partial charge in [-0.05, 0) is 42.8 Å². The van der Waals surface area contributed by atoms with Crippen LogP contribution in [0.25, 0.3) is 0 Å². The van der Waals surface area contributed by atoms with Crippen molar-refractivity contribution in [1.29, 1.82) is 0 Å². The average molecular weight is 349 g/mol. The molecule has 0 saturated carbocycles. The van der Waals surface area contributed by atoms with Crippen LogP contribution in [0.2, 0.25) is 0 Å². The van der Waals surface area contributed by atoms with Crippen molar-refractivity contribution in [3.05, 3.63) is 77.5 Å². The maximum absolute atomic E-state index is 12.6. The molecule has 2 amide bonds. The van der Waals surface area contributed by atoms with Crippen LogP contribution in [0, 0.1) is 6.92 Å². The van der Waals surface area contributed by atoms with Crippen LogP contribution in [0.5, 0.6) is 0 Å². The number of nitrogens with zero attached hydrogens (tertiary/aromatic N) is 2. The number of hydrogen-bond acceptors (Lipinski definition) is 5. The lowest BCUT2D eigenvalue weighted by molar-refractivity contribution is -0.120. The van der Waals surface area contributed by atoms with Gasteiger partial charge in [0.25, 0.3) is 5.91 Å². The first-order valence-electron chi connectivity index (χ1n) is 8.01. The van der Waals surface area contributed by atoms with Crippen LogP contribution in [-0.2, 0) is 4.79 Å². The van der Waals surface area contributed by atoms with Gasteiger partial charge in [0.15, 0.2) is 0 Å². The fourth-order valence-electron chi connectivity index (χ4n) is 2.49. The predicted octanol–water partition coefficient (Wildman–Crippen LogP) is 1.55. The van der Waals surface area contributed by atoms with Gasteiger partial charge in [-0.25, -0.2) is 10.8 Å². The van der Waals surface area contributed by atoms with Crippen LogP contribution in [0.15, 0.2) is 65.8 Å². The van der Waals surface area contributed by atoms with E-state index in [9.17, 15) is 9.59 Å². The summed E-state index contributed by atoms with van der Waals surface area (Å²) < 4.78 is 0. The van der Waals surface area contributed by atoms with Gasteiger partial charge in [-0.2, -0.15) is 0 Å². The van der Waals surface area contributed by atoms with Crippen molar-refractivity contribution in [1.82, 2.24) is 5.01 Å². The molecule has 5 N–H and O–H groups in total. The zero-order chi connectivity index (χ0) is 18.7. The highest BCUT2D eigenvalue weighted by atomic mass is 16.2. The summed E-state index contributed by atoms with van der Waals surface area (Å²) in [5.41, 5.74) is 8.82. The van der Waals surface area contributed by atoms with Crippen molar-refractivity contribution < 1.29 is 9.59 Å². The zero-order valence-electron chi connectivity index (χ0n) is 14.2. The van der Waals surface area contributed by atoms with Gasteiger partial charge in [0.2, 0.25) is 12.1 Å². The van der Waals surface area contributed by atoms with E-state index in [1.807, 2.05) is 31.2 Å². The molecule has 0 aromatic heterocycles. The molecule has 0 bridgehead atoms. The number of aryl methyl sites for hydroxylation is 1. The third kappa shape index (κ3) is 3.79. The molecule has 0 saturated heterocycles. The molecule has 7 nitrogen and oxygen atoms in total. The SMILES string of the molecule is Cc1ccc(C2=NC(C(=O)Nc3ccc(C(N)=O)cc3)N(N)C=C2)cc1. The number of nitrogens with two attached hydrogens (primary N) is 2. The van der Waals surface area contributed by atoms with Crippen molar-refractivity contribution in [2.45, 2.75) is 13.1 Å². The minimum absolute atomic E-state index is 0.365. The summed E-state index contributed by atoms with van der Waals surface area (Å²) in [6.45, 7) is 2.00. The first kappa shape index (κ1) is 17.4. The van der Waals surface area contributed by atoms with Crippen LogP contribution < -0.4 is 16.9 Å². The molecule has 0 radical (unpaired) electrons. The third-order valence-corrected chi connectivity index (χ3v) is 3.97. The highest BCUT2D eigenvalue weighted by Gasteiger charge is 2.24. The molecule has 0 spiro atoms. The summed E-state index contributed by atoms with van der Waals surface area (Å²) in [6.07, 6.45) is 2.48. The molecule has 2 aromatic rings. The summed E-state index contributed by atoms with van der Waals surface area (Å²) in [6, 6.07) is 14.1. The number of amides is 2. The standard InChI is InChI=1S/C19H19N5O2/c1-12-2-4-13(5-3-12)16-10-11-24(21)18(23-16)19(26)22-15-8-6-14(7-9-15)17(20)25/h2-11,18H,21H2,1H3,(H2,20,25)(H,22,26).